The third-order valence-corrected chi connectivity index (χ3v) is 7.32. The van der Waals surface area contributed by atoms with Crippen molar-refractivity contribution in [1.82, 2.24) is 9.55 Å². The third-order valence-electron chi connectivity index (χ3n) is 4.21. The maximum Gasteiger partial charge on any atom is 1.00 e. The van der Waals surface area contributed by atoms with Gasteiger partial charge in [-0.2, -0.15) is 5.26 Å². The predicted molar refractivity (Wildman–Crippen MR) is 127 cm³/mol. The van der Waals surface area contributed by atoms with E-state index in [0.29, 0.717) is 11.3 Å². The van der Waals surface area contributed by atoms with Crippen molar-refractivity contribution in [2.75, 3.05) is 0 Å². The molecule has 33 heavy (non-hydrogen) atoms. The molecule has 1 radical (unpaired) electrons. The van der Waals surface area contributed by atoms with Gasteiger partial charge in [0.05, 0.1) is 11.8 Å². The molecule has 0 bridgehead atoms. The standard InChI is InChI=1S/C14H27N2P.C5H10.C2H3N.F6P.Ru/c1-10(2)17(11(3)4)13-15-12(9-16(13)8)14(5,6)7;1-2-4-5-3-1;1-2-3;1-7(2,3,4,5)6;/h9-11H,1-8H3;1-5H2;1H3;;/q;;;-1;+1. The first-order valence-electron chi connectivity index (χ1n) is 10.7. The number of hydrogen-bond acceptors (Lipinski definition) is 2. The zero-order valence-electron chi connectivity index (χ0n) is 21.1. The van der Waals surface area contributed by atoms with E-state index < -0.39 is 7.81 Å². The summed E-state index contributed by atoms with van der Waals surface area (Å²) in [6, 6.07) is 1.75. The zero-order chi connectivity index (χ0) is 26.0. The Labute approximate surface area is 209 Å². The van der Waals surface area contributed by atoms with Gasteiger partial charge in [0.1, 0.15) is 5.57 Å². The second kappa shape index (κ2) is 13.7. The molecule has 1 saturated carbocycles. The van der Waals surface area contributed by atoms with Crippen LogP contribution in [0.2, 0.25) is 0 Å². The molecule has 0 saturated heterocycles. The van der Waals surface area contributed by atoms with Crippen molar-refractivity contribution in [3.05, 3.63) is 11.9 Å². The molecule has 12 heteroatoms. The summed E-state index contributed by atoms with van der Waals surface area (Å²) in [7, 11) is -8.69. The van der Waals surface area contributed by atoms with Crippen LogP contribution in [0.5, 0.6) is 0 Å². The summed E-state index contributed by atoms with van der Waals surface area (Å²) in [6.07, 6.45) is 9.70. The van der Waals surface area contributed by atoms with E-state index in [9.17, 15) is 25.2 Å². The van der Waals surface area contributed by atoms with E-state index >= 15 is 0 Å². The molecule has 0 spiro atoms. The first-order chi connectivity index (χ1) is 14.0. The largest absolute Gasteiger partial charge is 1.00 e. The quantitative estimate of drug-likeness (QED) is 0.194. The van der Waals surface area contributed by atoms with Gasteiger partial charge in [-0.15, -0.1) is 0 Å². The Hall–Kier alpha value is -0.237. The van der Waals surface area contributed by atoms with Crippen LogP contribution in [0.1, 0.15) is 93.2 Å². The predicted octanol–water partition coefficient (Wildman–Crippen LogP) is 9.50. The first kappa shape index (κ1) is 37.3. The average molecular weight is 612 g/mol. The fourth-order valence-electron chi connectivity index (χ4n) is 3.00. The van der Waals surface area contributed by atoms with Crippen molar-refractivity contribution in [2.24, 2.45) is 7.05 Å². The number of hydrogen-bond donors (Lipinski definition) is 0. The van der Waals surface area contributed by atoms with Gasteiger partial charge in [0.15, 0.2) is 0 Å². The van der Waals surface area contributed by atoms with E-state index in [1.54, 1.807) is 6.07 Å². The van der Waals surface area contributed by atoms with Crippen molar-refractivity contribution < 1.29 is 44.7 Å². The van der Waals surface area contributed by atoms with Gasteiger partial charge in [0.2, 0.25) is 0 Å². The van der Waals surface area contributed by atoms with Gasteiger partial charge in [0, 0.05) is 25.6 Å². The summed E-state index contributed by atoms with van der Waals surface area (Å²) >= 11 is 0. The summed E-state index contributed by atoms with van der Waals surface area (Å²) < 4.78 is 61.4. The van der Waals surface area contributed by atoms with E-state index in [1.165, 1.54) is 50.3 Å². The van der Waals surface area contributed by atoms with Crippen LogP contribution in [0.4, 0.5) is 25.2 Å². The summed E-state index contributed by atoms with van der Waals surface area (Å²) in [5.41, 5.74) is 4.04. The number of nitrogens with zero attached hydrogens (tertiary/aromatic N) is 3. The van der Waals surface area contributed by atoms with E-state index in [2.05, 4.69) is 66.3 Å². The van der Waals surface area contributed by atoms with Crippen LogP contribution in [0.3, 0.4) is 0 Å². The molecule has 0 amide bonds. The Bertz CT molecular complexity index is 690. The number of imidazole rings is 1. The SMILES string of the molecule is C1CCCC1.CC#N.CC(C)P(c1nc(C(C)(C)C)cn1C)C(C)C.F[P-](F)(F)(F)(F)F.[Ru+]. The van der Waals surface area contributed by atoms with Crippen LogP contribution < -0.4 is 5.57 Å². The molecule has 1 aromatic rings. The third kappa shape index (κ3) is 23.3. The molecule has 199 valence electrons. The Morgan fingerprint density at radius 1 is 0.939 bits per heavy atom. The molecule has 0 unspecified atom stereocenters. The van der Waals surface area contributed by atoms with Crippen LogP contribution in [0.25, 0.3) is 0 Å². The van der Waals surface area contributed by atoms with Crippen LogP contribution in [-0.4, -0.2) is 20.9 Å². The molecule has 1 heterocycles. The average Bonchev–Trinajstić information content (AvgIpc) is 3.17. The molecule has 1 aliphatic carbocycles. The van der Waals surface area contributed by atoms with E-state index in [0.717, 1.165) is 0 Å². The van der Waals surface area contributed by atoms with Crippen molar-refractivity contribution >= 4 is 21.3 Å². The minimum absolute atomic E-state index is 0. The minimum atomic E-state index is -10.7. The van der Waals surface area contributed by atoms with Crippen LogP contribution in [0, 0.1) is 11.3 Å². The van der Waals surface area contributed by atoms with Crippen LogP contribution >= 0.6 is 15.7 Å². The molecule has 0 N–H and O–H groups in total. The first-order valence-corrected chi connectivity index (χ1v) is 14.2. The number of nitriles is 1. The summed E-state index contributed by atoms with van der Waals surface area (Å²) in [5, 5.41) is 7.32. The Balaban J connectivity index is -0.000000462. The maximum atomic E-state index is 9.87. The fourth-order valence-corrected chi connectivity index (χ4v) is 5.76. The van der Waals surface area contributed by atoms with Crippen molar-refractivity contribution in [3.63, 3.8) is 0 Å². The number of halogens is 6. The van der Waals surface area contributed by atoms with Gasteiger partial charge >= 0.3 is 52.5 Å². The molecule has 0 aromatic carbocycles. The molecular formula is C21H40F6N3P2Ru. The minimum Gasteiger partial charge on any atom is 1.00 e. The van der Waals surface area contributed by atoms with Gasteiger partial charge in [-0.25, -0.2) is 4.98 Å². The van der Waals surface area contributed by atoms with Crippen molar-refractivity contribution in [3.8, 4) is 6.07 Å². The fraction of sp³-hybridized carbons (Fsp3) is 0.810. The number of aromatic nitrogens is 2. The van der Waals surface area contributed by atoms with Gasteiger partial charge in [0.25, 0.3) is 0 Å². The van der Waals surface area contributed by atoms with E-state index in [4.69, 9.17) is 10.2 Å². The Morgan fingerprint density at radius 3 is 1.39 bits per heavy atom. The van der Waals surface area contributed by atoms with E-state index in [-0.39, 0.29) is 32.8 Å². The topological polar surface area (TPSA) is 41.6 Å². The molecule has 3 nitrogen and oxygen atoms in total. The molecular weight excluding hydrogens is 571 g/mol. The van der Waals surface area contributed by atoms with Gasteiger partial charge in [-0.05, 0) is 19.2 Å². The smallest absolute Gasteiger partial charge is 1.00 e. The second-order valence-corrected chi connectivity index (χ2v) is 14.5. The van der Waals surface area contributed by atoms with Crippen LogP contribution in [0.15, 0.2) is 6.20 Å². The number of aryl methyl sites for hydroxylation is 1. The normalized spacial score (nSPS) is 15.5. The Morgan fingerprint density at radius 2 is 1.21 bits per heavy atom. The summed E-state index contributed by atoms with van der Waals surface area (Å²) in [5.74, 6) is 0. The van der Waals surface area contributed by atoms with Gasteiger partial charge < -0.3 is 4.57 Å². The Kier molecular flexibility index (Phi) is 15.5. The molecule has 2 rings (SSSR count). The van der Waals surface area contributed by atoms with E-state index in [1.807, 2.05) is 0 Å². The summed E-state index contributed by atoms with van der Waals surface area (Å²) in [6.45, 7) is 17.4. The van der Waals surface area contributed by atoms with Crippen molar-refractivity contribution in [2.45, 2.75) is 104 Å². The van der Waals surface area contributed by atoms with Gasteiger partial charge in [-0.1, -0.05) is 80.6 Å². The van der Waals surface area contributed by atoms with Gasteiger partial charge in [-0.3, -0.25) is 0 Å². The monoisotopic (exact) mass is 612 g/mol. The molecule has 1 fully saturated rings. The molecule has 1 aromatic heterocycles. The zero-order valence-corrected chi connectivity index (χ0v) is 24.7. The number of rotatable bonds is 3. The van der Waals surface area contributed by atoms with Crippen molar-refractivity contribution in [1.29, 1.82) is 5.26 Å². The maximum absolute atomic E-state index is 10.7. The van der Waals surface area contributed by atoms with Crippen LogP contribution in [-0.2, 0) is 31.9 Å². The molecule has 1 aliphatic rings. The molecule has 0 aliphatic heterocycles. The molecule has 0 atom stereocenters. The second-order valence-electron chi connectivity index (χ2n) is 9.33. The summed E-state index contributed by atoms with van der Waals surface area (Å²) in [4.78, 5) is 4.92.